The van der Waals surface area contributed by atoms with Crippen molar-refractivity contribution in [3.05, 3.63) is 51.2 Å². The number of hydrogen-bond donors (Lipinski definition) is 0. The van der Waals surface area contributed by atoms with E-state index in [4.69, 9.17) is 11.6 Å². The van der Waals surface area contributed by atoms with Gasteiger partial charge in [0.05, 0.1) is 0 Å². The number of aryl methyl sites for hydroxylation is 1. The molecule has 2 aromatic rings. The van der Waals surface area contributed by atoms with Crippen molar-refractivity contribution in [3.63, 3.8) is 0 Å². The highest BCUT2D eigenvalue weighted by molar-refractivity contribution is 7.10. The SMILES string of the molecule is Cc1ccsc1CN1CCCC(N2CCN(c3cccc(Cl)c3)CC2)C1. The van der Waals surface area contributed by atoms with Crippen LogP contribution < -0.4 is 4.90 Å². The molecule has 140 valence electrons. The molecule has 0 amide bonds. The van der Waals surface area contributed by atoms with Gasteiger partial charge in [-0.3, -0.25) is 9.80 Å². The minimum atomic E-state index is 0.713. The number of piperidine rings is 1. The van der Waals surface area contributed by atoms with E-state index in [1.165, 1.54) is 42.1 Å². The van der Waals surface area contributed by atoms with E-state index in [-0.39, 0.29) is 0 Å². The lowest BCUT2D eigenvalue weighted by molar-refractivity contribution is 0.0892. The van der Waals surface area contributed by atoms with Crippen LogP contribution in [0.3, 0.4) is 0 Å². The van der Waals surface area contributed by atoms with Crippen molar-refractivity contribution in [2.24, 2.45) is 0 Å². The molecule has 1 atom stereocenters. The van der Waals surface area contributed by atoms with Gasteiger partial charge in [-0.15, -0.1) is 11.3 Å². The maximum absolute atomic E-state index is 6.16. The molecule has 0 spiro atoms. The van der Waals surface area contributed by atoms with Crippen molar-refractivity contribution < 1.29 is 0 Å². The van der Waals surface area contributed by atoms with Gasteiger partial charge in [0.2, 0.25) is 0 Å². The van der Waals surface area contributed by atoms with E-state index in [0.717, 1.165) is 37.7 Å². The summed E-state index contributed by atoms with van der Waals surface area (Å²) in [6.07, 6.45) is 2.67. The maximum atomic E-state index is 6.16. The zero-order valence-electron chi connectivity index (χ0n) is 15.5. The summed E-state index contributed by atoms with van der Waals surface area (Å²) in [6.45, 7) is 10.3. The summed E-state index contributed by atoms with van der Waals surface area (Å²) < 4.78 is 0. The molecule has 1 aromatic heterocycles. The smallest absolute Gasteiger partial charge is 0.0426 e. The Hall–Kier alpha value is -1.07. The van der Waals surface area contributed by atoms with Gasteiger partial charge in [-0.1, -0.05) is 17.7 Å². The molecule has 1 unspecified atom stereocenters. The highest BCUT2D eigenvalue weighted by Crippen LogP contribution is 2.25. The third-order valence-electron chi connectivity index (χ3n) is 5.82. The van der Waals surface area contributed by atoms with Crippen molar-refractivity contribution in [2.45, 2.75) is 32.4 Å². The first-order valence-electron chi connectivity index (χ1n) is 9.69. The second kappa shape index (κ2) is 8.30. The van der Waals surface area contributed by atoms with Crippen molar-refractivity contribution in [3.8, 4) is 0 Å². The van der Waals surface area contributed by atoms with Gasteiger partial charge >= 0.3 is 0 Å². The summed E-state index contributed by atoms with van der Waals surface area (Å²) in [5, 5.41) is 3.05. The molecule has 26 heavy (non-hydrogen) atoms. The Bertz CT molecular complexity index is 724. The van der Waals surface area contributed by atoms with E-state index in [1.807, 2.05) is 17.4 Å². The van der Waals surface area contributed by atoms with Crippen LogP contribution in [0.4, 0.5) is 5.69 Å². The lowest BCUT2D eigenvalue weighted by Gasteiger charge is -2.44. The molecule has 0 bridgehead atoms. The number of benzene rings is 1. The van der Waals surface area contributed by atoms with Crippen LogP contribution in [0.5, 0.6) is 0 Å². The molecule has 2 aliphatic heterocycles. The fourth-order valence-corrected chi connectivity index (χ4v) is 5.39. The average molecular weight is 390 g/mol. The van der Waals surface area contributed by atoms with Gasteiger partial charge in [0.15, 0.2) is 0 Å². The Labute approximate surface area is 166 Å². The number of halogens is 1. The predicted molar refractivity (Wildman–Crippen MR) is 113 cm³/mol. The molecular weight excluding hydrogens is 362 g/mol. The molecule has 2 fully saturated rings. The van der Waals surface area contributed by atoms with Crippen LogP contribution >= 0.6 is 22.9 Å². The standard InChI is InChI=1S/C21H28ClN3S/c1-17-7-13-26-21(17)16-23-8-3-6-20(15-23)25-11-9-24(10-12-25)19-5-2-4-18(22)14-19/h2,4-5,7,13-14,20H,3,6,8-12,15-16H2,1H3. The van der Waals surface area contributed by atoms with E-state index in [0.29, 0.717) is 6.04 Å². The number of anilines is 1. The van der Waals surface area contributed by atoms with Crippen LogP contribution in [-0.4, -0.2) is 55.1 Å². The largest absolute Gasteiger partial charge is 0.369 e. The van der Waals surface area contributed by atoms with Crippen LogP contribution in [0.25, 0.3) is 0 Å². The van der Waals surface area contributed by atoms with E-state index >= 15 is 0 Å². The highest BCUT2D eigenvalue weighted by atomic mass is 35.5. The second-order valence-corrected chi connectivity index (χ2v) is 9.00. The lowest BCUT2D eigenvalue weighted by atomic mass is 10.0. The van der Waals surface area contributed by atoms with Crippen molar-refractivity contribution >= 4 is 28.6 Å². The van der Waals surface area contributed by atoms with Crippen molar-refractivity contribution in [2.75, 3.05) is 44.2 Å². The van der Waals surface area contributed by atoms with Crippen molar-refractivity contribution in [1.82, 2.24) is 9.80 Å². The normalized spacial score (nSPS) is 22.7. The van der Waals surface area contributed by atoms with Crippen LogP contribution in [0.2, 0.25) is 5.02 Å². The van der Waals surface area contributed by atoms with Gasteiger partial charge in [-0.05, 0) is 61.5 Å². The Morgan fingerprint density at radius 2 is 1.96 bits per heavy atom. The van der Waals surface area contributed by atoms with Crippen LogP contribution in [0, 0.1) is 6.92 Å². The summed E-state index contributed by atoms with van der Waals surface area (Å²) in [4.78, 5) is 9.39. The molecule has 0 N–H and O–H groups in total. The third kappa shape index (κ3) is 4.25. The Kier molecular flexibility index (Phi) is 5.84. The first-order valence-corrected chi connectivity index (χ1v) is 10.9. The zero-order chi connectivity index (χ0) is 17.9. The third-order valence-corrected chi connectivity index (χ3v) is 7.06. The van der Waals surface area contributed by atoms with Gasteiger partial charge in [0.25, 0.3) is 0 Å². The summed E-state index contributed by atoms with van der Waals surface area (Å²) in [6, 6.07) is 11.2. The van der Waals surface area contributed by atoms with Gasteiger partial charge in [-0.25, -0.2) is 0 Å². The van der Waals surface area contributed by atoms with Crippen LogP contribution in [0.1, 0.15) is 23.3 Å². The first kappa shape index (κ1) is 18.3. The van der Waals surface area contributed by atoms with Crippen LogP contribution in [0.15, 0.2) is 35.7 Å². The quantitative estimate of drug-likeness (QED) is 0.762. The molecule has 0 saturated carbocycles. The molecule has 1 aromatic carbocycles. The minimum absolute atomic E-state index is 0.713. The molecular formula is C21H28ClN3S. The minimum Gasteiger partial charge on any atom is -0.369 e. The summed E-state index contributed by atoms with van der Waals surface area (Å²) in [7, 11) is 0. The number of piperazine rings is 1. The zero-order valence-corrected chi connectivity index (χ0v) is 17.1. The predicted octanol–water partition coefficient (Wildman–Crippen LogP) is 4.50. The fraction of sp³-hybridized carbons (Fsp3) is 0.524. The van der Waals surface area contributed by atoms with Gasteiger partial charge < -0.3 is 4.90 Å². The van der Waals surface area contributed by atoms with E-state index < -0.39 is 0 Å². The maximum Gasteiger partial charge on any atom is 0.0426 e. The number of nitrogens with zero attached hydrogens (tertiary/aromatic N) is 3. The molecule has 4 rings (SSSR count). The van der Waals surface area contributed by atoms with Gasteiger partial charge in [-0.2, -0.15) is 0 Å². The summed E-state index contributed by atoms with van der Waals surface area (Å²) in [5.41, 5.74) is 2.71. The molecule has 5 heteroatoms. The second-order valence-electron chi connectivity index (χ2n) is 7.56. The van der Waals surface area contributed by atoms with Crippen molar-refractivity contribution in [1.29, 1.82) is 0 Å². The Balaban J connectivity index is 1.32. The molecule has 0 aliphatic carbocycles. The topological polar surface area (TPSA) is 9.72 Å². The molecule has 3 nitrogen and oxygen atoms in total. The molecule has 2 saturated heterocycles. The number of hydrogen-bond acceptors (Lipinski definition) is 4. The van der Waals surface area contributed by atoms with Gasteiger partial charge in [0, 0.05) is 60.9 Å². The molecule has 3 heterocycles. The van der Waals surface area contributed by atoms with E-state index in [1.54, 1.807) is 0 Å². The fourth-order valence-electron chi connectivity index (χ4n) is 4.26. The number of likely N-dealkylation sites (tertiary alicyclic amines) is 1. The van der Waals surface area contributed by atoms with E-state index in [9.17, 15) is 0 Å². The number of rotatable bonds is 4. The monoisotopic (exact) mass is 389 g/mol. The summed E-state index contributed by atoms with van der Waals surface area (Å²) >= 11 is 8.06. The summed E-state index contributed by atoms with van der Waals surface area (Å²) in [5.74, 6) is 0. The Morgan fingerprint density at radius 1 is 1.12 bits per heavy atom. The average Bonchev–Trinajstić information content (AvgIpc) is 3.07. The first-order chi connectivity index (χ1) is 12.7. The highest BCUT2D eigenvalue weighted by Gasteiger charge is 2.28. The lowest BCUT2D eigenvalue weighted by Crippen LogP contribution is -2.55. The Morgan fingerprint density at radius 3 is 2.69 bits per heavy atom. The molecule has 2 aliphatic rings. The van der Waals surface area contributed by atoms with Gasteiger partial charge in [0.1, 0.15) is 0 Å². The molecule has 0 radical (unpaired) electrons. The number of thiophene rings is 1. The van der Waals surface area contributed by atoms with Crippen LogP contribution in [-0.2, 0) is 6.54 Å². The van der Waals surface area contributed by atoms with E-state index in [2.05, 4.69) is 51.3 Å².